The third kappa shape index (κ3) is 1.95. The van der Waals surface area contributed by atoms with Gasteiger partial charge in [-0.2, -0.15) is 15.4 Å². The fraction of sp³-hybridized carbons (Fsp3) is 0.100. The molecule has 1 amide bonds. The molecule has 0 saturated carbocycles. The van der Waals surface area contributed by atoms with Crippen LogP contribution in [-0.2, 0) is 0 Å². The van der Waals surface area contributed by atoms with Gasteiger partial charge >= 0.3 is 0 Å². The number of rotatable bonds is 3. The highest BCUT2D eigenvalue weighted by Crippen LogP contribution is 2.37. The normalized spacial score (nSPS) is 10.3. The molecule has 1 aromatic heterocycles. The molecule has 7 nitrogen and oxygen atoms in total. The number of hydrogen-bond acceptors (Lipinski definition) is 5. The minimum absolute atomic E-state index is 0.0773. The van der Waals surface area contributed by atoms with Crippen LogP contribution in [0.1, 0.15) is 10.5 Å². The molecule has 4 N–H and O–H groups in total. The van der Waals surface area contributed by atoms with Crippen LogP contribution >= 0.6 is 11.6 Å². The molecule has 0 fully saturated rings. The number of carbonyl (C=O) groups excluding carboxylic acids is 1. The Bertz CT molecular complexity index is 611. The van der Waals surface area contributed by atoms with Crippen molar-refractivity contribution in [3.8, 4) is 22.8 Å². The number of H-pyrrole nitrogens is 1. The van der Waals surface area contributed by atoms with Gasteiger partial charge in [0.05, 0.1) is 12.1 Å². The molecule has 0 atom stereocenters. The Morgan fingerprint density at radius 2 is 2.22 bits per heavy atom. The van der Waals surface area contributed by atoms with Gasteiger partial charge < -0.3 is 15.6 Å². The second-order valence-corrected chi connectivity index (χ2v) is 3.80. The molecule has 0 aliphatic carbocycles. The average molecular weight is 269 g/mol. The molecule has 1 aromatic carbocycles. The highest BCUT2D eigenvalue weighted by molar-refractivity contribution is 6.32. The van der Waals surface area contributed by atoms with Gasteiger partial charge in [-0.1, -0.05) is 11.6 Å². The number of nitrogens with two attached hydrogens (primary N) is 1. The number of carbonyl (C=O) groups is 1. The molecular formula is C10H9ClN4O3. The van der Waals surface area contributed by atoms with E-state index in [9.17, 15) is 9.90 Å². The van der Waals surface area contributed by atoms with E-state index in [1.165, 1.54) is 19.2 Å². The minimum atomic E-state index is -0.759. The van der Waals surface area contributed by atoms with Crippen LogP contribution < -0.4 is 10.5 Å². The van der Waals surface area contributed by atoms with Crippen molar-refractivity contribution >= 4 is 17.5 Å². The zero-order valence-electron chi connectivity index (χ0n) is 9.27. The van der Waals surface area contributed by atoms with E-state index >= 15 is 0 Å². The standard InChI is InChI=1S/C10H9ClN4O3/c1-18-7-3-6(16)4(2-5(7)11)8-9(10(12)17)14-15-13-8/h2-3,16H,1H3,(H2,12,17)(H,13,14,15). The minimum Gasteiger partial charge on any atom is -0.507 e. The van der Waals surface area contributed by atoms with Gasteiger partial charge in [-0.15, -0.1) is 0 Å². The lowest BCUT2D eigenvalue weighted by molar-refractivity contribution is 0.0996. The maximum absolute atomic E-state index is 11.1. The highest BCUT2D eigenvalue weighted by atomic mass is 35.5. The van der Waals surface area contributed by atoms with E-state index in [0.717, 1.165) is 0 Å². The number of aromatic amines is 1. The predicted molar refractivity (Wildman–Crippen MR) is 63.6 cm³/mol. The molecule has 0 saturated heterocycles. The summed E-state index contributed by atoms with van der Waals surface area (Å²) in [4.78, 5) is 11.1. The van der Waals surface area contributed by atoms with E-state index in [1.807, 2.05) is 0 Å². The molecule has 18 heavy (non-hydrogen) atoms. The summed E-state index contributed by atoms with van der Waals surface area (Å²) in [6.45, 7) is 0. The number of phenolic OH excluding ortho intramolecular Hbond substituents is 1. The van der Waals surface area contributed by atoms with E-state index in [1.54, 1.807) is 0 Å². The van der Waals surface area contributed by atoms with Crippen LogP contribution in [0.5, 0.6) is 11.5 Å². The van der Waals surface area contributed by atoms with E-state index in [0.29, 0.717) is 5.75 Å². The van der Waals surface area contributed by atoms with Crippen LogP contribution in [0.15, 0.2) is 12.1 Å². The topological polar surface area (TPSA) is 114 Å². The summed E-state index contributed by atoms with van der Waals surface area (Å²) in [5, 5.41) is 19.8. The fourth-order valence-corrected chi connectivity index (χ4v) is 1.72. The van der Waals surface area contributed by atoms with Crippen LogP contribution in [0, 0.1) is 0 Å². The number of methoxy groups -OCH3 is 1. The number of aromatic hydroxyl groups is 1. The second-order valence-electron chi connectivity index (χ2n) is 3.39. The van der Waals surface area contributed by atoms with Crippen molar-refractivity contribution in [1.82, 2.24) is 15.4 Å². The number of nitrogens with one attached hydrogen (secondary N) is 1. The Balaban J connectivity index is 2.61. The van der Waals surface area contributed by atoms with Gasteiger partial charge in [0.2, 0.25) is 0 Å². The first kappa shape index (κ1) is 12.2. The number of primary amides is 1. The molecule has 0 aliphatic rings. The average Bonchev–Trinajstić information content (AvgIpc) is 2.80. The van der Waals surface area contributed by atoms with Crippen LogP contribution in [0.2, 0.25) is 5.02 Å². The number of nitrogens with zero attached hydrogens (tertiary/aromatic N) is 2. The number of halogens is 1. The van der Waals surface area contributed by atoms with Gasteiger partial charge in [0, 0.05) is 11.6 Å². The van der Waals surface area contributed by atoms with Crippen LogP contribution in [0.25, 0.3) is 11.3 Å². The van der Waals surface area contributed by atoms with Crippen molar-refractivity contribution in [3.63, 3.8) is 0 Å². The molecule has 0 bridgehead atoms. The summed E-state index contributed by atoms with van der Waals surface area (Å²) in [6.07, 6.45) is 0. The van der Waals surface area contributed by atoms with Crippen LogP contribution in [0.4, 0.5) is 0 Å². The number of aromatic nitrogens is 3. The van der Waals surface area contributed by atoms with E-state index < -0.39 is 5.91 Å². The predicted octanol–water partition coefficient (Wildman–Crippen LogP) is 0.938. The van der Waals surface area contributed by atoms with Gasteiger partial charge in [-0.25, -0.2) is 0 Å². The molecular weight excluding hydrogens is 260 g/mol. The number of hydrogen-bond donors (Lipinski definition) is 3. The second kappa shape index (κ2) is 4.53. The van der Waals surface area contributed by atoms with E-state index in [4.69, 9.17) is 22.1 Å². The number of amides is 1. The quantitative estimate of drug-likeness (QED) is 0.766. The molecule has 0 aliphatic heterocycles. The SMILES string of the molecule is COc1cc(O)c(-c2n[nH]nc2C(N)=O)cc1Cl. The van der Waals surface area contributed by atoms with E-state index in [2.05, 4.69) is 15.4 Å². The van der Waals surface area contributed by atoms with Crippen molar-refractivity contribution in [3.05, 3.63) is 22.8 Å². The third-order valence-corrected chi connectivity index (χ3v) is 2.60. The summed E-state index contributed by atoms with van der Waals surface area (Å²) in [5.74, 6) is -0.597. The van der Waals surface area contributed by atoms with Gasteiger partial charge in [-0.3, -0.25) is 4.79 Å². The lowest BCUT2D eigenvalue weighted by Gasteiger charge is -2.07. The van der Waals surface area contributed by atoms with Gasteiger partial charge in [0.15, 0.2) is 5.69 Å². The zero-order chi connectivity index (χ0) is 13.3. The van der Waals surface area contributed by atoms with Gasteiger partial charge in [0.25, 0.3) is 5.91 Å². The molecule has 94 valence electrons. The van der Waals surface area contributed by atoms with Gasteiger partial charge in [-0.05, 0) is 6.07 Å². The Labute approximate surface area is 107 Å². The summed E-state index contributed by atoms with van der Waals surface area (Å²) in [5.41, 5.74) is 5.43. The maximum Gasteiger partial charge on any atom is 0.271 e. The van der Waals surface area contributed by atoms with Crippen LogP contribution in [0.3, 0.4) is 0 Å². The first-order valence-corrected chi connectivity index (χ1v) is 5.19. The molecule has 2 aromatic rings. The summed E-state index contributed by atoms with van der Waals surface area (Å²) in [6, 6.07) is 2.73. The monoisotopic (exact) mass is 268 g/mol. The highest BCUT2D eigenvalue weighted by Gasteiger charge is 2.19. The lowest BCUT2D eigenvalue weighted by atomic mass is 10.1. The lowest BCUT2D eigenvalue weighted by Crippen LogP contribution is -2.12. The molecule has 1 heterocycles. The first-order chi connectivity index (χ1) is 8.54. The largest absolute Gasteiger partial charge is 0.507 e. The summed E-state index contributed by atoms with van der Waals surface area (Å²) < 4.78 is 4.95. The molecule has 2 rings (SSSR count). The van der Waals surface area contributed by atoms with Crippen molar-refractivity contribution in [2.75, 3.05) is 7.11 Å². The van der Waals surface area contributed by atoms with E-state index in [-0.39, 0.29) is 27.7 Å². The van der Waals surface area contributed by atoms with Crippen molar-refractivity contribution in [2.45, 2.75) is 0 Å². The van der Waals surface area contributed by atoms with Crippen molar-refractivity contribution in [1.29, 1.82) is 0 Å². The molecule has 0 spiro atoms. The third-order valence-electron chi connectivity index (χ3n) is 2.31. The molecule has 8 heteroatoms. The Morgan fingerprint density at radius 1 is 1.50 bits per heavy atom. The fourth-order valence-electron chi connectivity index (χ4n) is 1.48. The maximum atomic E-state index is 11.1. The Morgan fingerprint density at radius 3 is 2.83 bits per heavy atom. The van der Waals surface area contributed by atoms with Crippen molar-refractivity contribution < 1.29 is 14.6 Å². The molecule has 0 unspecified atom stereocenters. The summed E-state index contributed by atoms with van der Waals surface area (Å²) in [7, 11) is 1.42. The first-order valence-electron chi connectivity index (χ1n) is 4.82. The summed E-state index contributed by atoms with van der Waals surface area (Å²) >= 11 is 5.94. The Kier molecular flexibility index (Phi) is 3.07. The van der Waals surface area contributed by atoms with Gasteiger partial charge in [0.1, 0.15) is 17.2 Å². The number of phenols is 1. The number of ether oxygens (including phenoxy) is 1. The van der Waals surface area contributed by atoms with Crippen molar-refractivity contribution in [2.24, 2.45) is 5.73 Å². The van der Waals surface area contributed by atoms with Crippen LogP contribution in [-0.4, -0.2) is 33.5 Å². The zero-order valence-corrected chi connectivity index (χ0v) is 10.0. The number of benzene rings is 1. The Hall–Kier alpha value is -2.28. The smallest absolute Gasteiger partial charge is 0.271 e. The molecule has 0 radical (unpaired) electrons.